The lowest BCUT2D eigenvalue weighted by Gasteiger charge is -2.26. The van der Waals surface area contributed by atoms with Gasteiger partial charge in [0.2, 0.25) is 17.8 Å². The fourth-order valence-electron chi connectivity index (χ4n) is 2.02. The summed E-state index contributed by atoms with van der Waals surface area (Å²) in [4.78, 5) is 37.4. The highest BCUT2D eigenvalue weighted by molar-refractivity contribution is 7.13. The van der Waals surface area contributed by atoms with E-state index in [2.05, 4.69) is 25.6 Å². The Hall–Kier alpha value is -2.55. The molecule has 0 spiro atoms. The summed E-state index contributed by atoms with van der Waals surface area (Å²) >= 11 is 1.38. The van der Waals surface area contributed by atoms with Crippen LogP contribution in [0.25, 0.3) is 0 Å². The quantitative estimate of drug-likeness (QED) is 0.834. The van der Waals surface area contributed by atoms with Gasteiger partial charge in [-0.15, -0.1) is 11.3 Å². The van der Waals surface area contributed by atoms with Crippen LogP contribution in [0.4, 0.5) is 11.1 Å². The summed E-state index contributed by atoms with van der Waals surface area (Å²) < 4.78 is 0. The zero-order valence-electron chi connectivity index (χ0n) is 11.7. The summed E-state index contributed by atoms with van der Waals surface area (Å²) in [5.41, 5.74) is 0.666. The minimum absolute atomic E-state index is 0.0948. The number of aromatic nitrogens is 3. The summed E-state index contributed by atoms with van der Waals surface area (Å²) in [5.74, 6) is 0.242. The highest BCUT2D eigenvalue weighted by atomic mass is 32.1. The van der Waals surface area contributed by atoms with Crippen LogP contribution in [0.2, 0.25) is 0 Å². The smallest absolute Gasteiger partial charge is 0.239 e. The van der Waals surface area contributed by atoms with E-state index in [9.17, 15) is 9.59 Å². The summed E-state index contributed by atoms with van der Waals surface area (Å²) in [7, 11) is 0. The van der Waals surface area contributed by atoms with Crippen LogP contribution in [0.1, 0.15) is 5.69 Å². The molecule has 0 saturated carbocycles. The zero-order chi connectivity index (χ0) is 15.4. The summed E-state index contributed by atoms with van der Waals surface area (Å²) in [6.07, 6.45) is 3.45. The molecule has 22 heavy (non-hydrogen) atoms. The van der Waals surface area contributed by atoms with Crippen molar-refractivity contribution in [2.75, 3.05) is 25.0 Å². The molecule has 0 unspecified atom stereocenters. The van der Waals surface area contributed by atoms with E-state index < -0.39 is 0 Å². The number of carbonyl (C=O) groups is 2. The van der Waals surface area contributed by atoms with Crippen molar-refractivity contribution in [3.63, 3.8) is 0 Å². The monoisotopic (exact) mass is 318 g/mol. The minimum atomic E-state index is -0.124. The standard InChI is InChI=1S/C13H14N6O2S/c20-10-7-19(5-4-14-10)11(21)6-9-8-22-13(17-9)18-12-15-2-1-3-16-12/h1-3,8H,4-7H2,(H,14,20)(H,15,16,17,18). The number of nitrogens with one attached hydrogen (secondary N) is 2. The molecule has 1 fully saturated rings. The lowest BCUT2D eigenvalue weighted by molar-refractivity contribution is -0.137. The summed E-state index contributed by atoms with van der Waals surface area (Å²) in [5, 5.41) is 8.11. The van der Waals surface area contributed by atoms with Crippen molar-refractivity contribution < 1.29 is 9.59 Å². The van der Waals surface area contributed by atoms with Crippen molar-refractivity contribution in [3.05, 3.63) is 29.5 Å². The maximum absolute atomic E-state index is 12.1. The molecular formula is C13H14N6O2S. The van der Waals surface area contributed by atoms with Crippen LogP contribution in [0, 0.1) is 0 Å². The molecule has 0 aliphatic carbocycles. The Balaban J connectivity index is 1.59. The number of nitrogens with zero attached hydrogens (tertiary/aromatic N) is 4. The normalized spacial score (nSPS) is 14.5. The maximum atomic E-state index is 12.1. The van der Waals surface area contributed by atoms with Gasteiger partial charge in [-0.2, -0.15) is 0 Å². The van der Waals surface area contributed by atoms with Gasteiger partial charge in [0.1, 0.15) is 0 Å². The van der Waals surface area contributed by atoms with E-state index in [4.69, 9.17) is 0 Å². The molecular weight excluding hydrogens is 304 g/mol. The molecule has 8 nitrogen and oxygen atoms in total. The van der Waals surface area contributed by atoms with Gasteiger partial charge in [0.25, 0.3) is 0 Å². The van der Waals surface area contributed by atoms with Crippen molar-refractivity contribution in [3.8, 4) is 0 Å². The Morgan fingerprint density at radius 2 is 2.23 bits per heavy atom. The van der Waals surface area contributed by atoms with Gasteiger partial charge in [-0.25, -0.2) is 15.0 Å². The van der Waals surface area contributed by atoms with Crippen LogP contribution in [0.3, 0.4) is 0 Å². The van der Waals surface area contributed by atoms with E-state index in [1.165, 1.54) is 11.3 Å². The maximum Gasteiger partial charge on any atom is 0.239 e. The van der Waals surface area contributed by atoms with Crippen LogP contribution < -0.4 is 10.6 Å². The second-order valence-electron chi connectivity index (χ2n) is 4.68. The Kier molecular flexibility index (Phi) is 4.24. The van der Waals surface area contributed by atoms with Gasteiger partial charge < -0.3 is 15.5 Å². The highest BCUT2D eigenvalue weighted by Crippen LogP contribution is 2.19. The number of rotatable bonds is 4. The number of anilines is 2. The molecule has 0 aromatic carbocycles. The van der Waals surface area contributed by atoms with E-state index in [-0.39, 0.29) is 24.8 Å². The molecule has 1 aliphatic heterocycles. The first-order valence-corrected chi connectivity index (χ1v) is 7.61. The Labute approximate surface area is 130 Å². The Morgan fingerprint density at radius 1 is 1.41 bits per heavy atom. The molecule has 9 heteroatoms. The first kappa shape index (κ1) is 14.4. The minimum Gasteiger partial charge on any atom is -0.353 e. The Morgan fingerprint density at radius 3 is 3.00 bits per heavy atom. The van der Waals surface area contributed by atoms with Gasteiger partial charge in [-0.05, 0) is 6.07 Å². The first-order valence-electron chi connectivity index (χ1n) is 6.73. The average molecular weight is 318 g/mol. The number of amides is 2. The molecule has 2 N–H and O–H groups in total. The van der Waals surface area contributed by atoms with E-state index in [0.717, 1.165) is 0 Å². The molecule has 114 valence electrons. The highest BCUT2D eigenvalue weighted by Gasteiger charge is 2.21. The molecule has 0 bridgehead atoms. The number of hydrogen-bond donors (Lipinski definition) is 2. The average Bonchev–Trinajstić information content (AvgIpc) is 2.95. The fraction of sp³-hybridized carbons (Fsp3) is 0.308. The summed E-state index contributed by atoms with van der Waals surface area (Å²) in [6, 6.07) is 1.73. The fourth-order valence-corrected chi connectivity index (χ4v) is 2.73. The van der Waals surface area contributed by atoms with Crippen molar-refractivity contribution in [2.24, 2.45) is 0 Å². The molecule has 2 aromatic heterocycles. The van der Waals surface area contributed by atoms with Crippen molar-refractivity contribution in [2.45, 2.75) is 6.42 Å². The van der Waals surface area contributed by atoms with Gasteiger partial charge in [-0.3, -0.25) is 9.59 Å². The van der Waals surface area contributed by atoms with Gasteiger partial charge in [-0.1, -0.05) is 0 Å². The molecule has 2 aromatic rings. The lowest BCUT2D eigenvalue weighted by atomic mass is 10.2. The van der Waals surface area contributed by atoms with Crippen LogP contribution in [0.5, 0.6) is 0 Å². The van der Waals surface area contributed by atoms with E-state index >= 15 is 0 Å². The number of hydrogen-bond acceptors (Lipinski definition) is 7. The Bertz CT molecular complexity index is 674. The molecule has 0 atom stereocenters. The SMILES string of the molecule is O=C1CN(C(=O)Cc2csc(Nc3ncccn3)n2)CCN1. The van der Waals surface area contributed by atoms with E-state index in [0.29, 0.717) is 29.9 Å². The second kappa shape index (κ2) is 6.48. The van der Waals surface area contributed by atoms with Gasteiger partial charge >= 0.3 is 0 Å². The zero-order valence-corrected chi connectivity index (χ0v) is 12.5. The molecule has 0 radical (unpaired) electrons. The van der Waals surface area contributed by atoms with Crippen molar-refractivity contribution in [1.29, 1.82) is 0 Å². The van der Waals surface area contributed by atoms with Crippen LogP contribution in [-0.4, -0.2) is 51.3 Å². The second-order valence-corrected chi connectivity index (χ2v) is 5.54. The first-order chi connectivity index (χ1) is 10.7. The van der Waals surface area contributed by atoms with Crippen molar-refractivity contribution >= 4 is 34.2 Å². The molecule has 3 heterocycles. The molecule has 1 aliphatic rings. The van der Waals surface area contributed by atoms with Crippen LogP contribution in [0.15, 0.2) is 23.8 Å². The predicted molar refractivity (Wildman–Crippen MR) is 80.7 cm³/mol. The van der Waals surface area contributed by atoms with Gasteiger partial charge in [0.05, 0.1) is 18.7 Å². The van der Waals surface area contributed by atoms with Crippen LogP contribution in [-0.2, 0) is 16.0 Å². The molecule has 2 amide bonds. The third-order valence-electron chi connectivity index (χ3n) is 3.06. The third kappa shape index (κ3) is 3.55. The topological polar surface area (TPSA) is 100 Å². The van der Waals surface area contributed by atoms with Crippen LogP contribution >= 0.6 is 11.3 Å². The van der Waals surface area contributed by atoms with Gasteiger partial charge in [0.15, 0.2) is 5.13 Å². The number of thiazole rings is 1. The van der Waals surface area contributed by atoms with Crippen molar-refractivity contribution in [1.82, 2.24) is 25.2 Å². The number of carbonyl (C=O) groups excluding carboxylic acids is 2. The largest absolute Gasteiger partial charge is 0.353 e. The molecule has 1 saturated heterocycles. The number of piperazine rings is 1. The van der Waals surface area contributed by atoms with Gasteiger partial charge in [0, 0.05) is 30.9 Å². The predicted octanol–water partition coefficient (Wildman–Crippen LogP) is 0.178. The summed E-state index contributed by atoms with van der Waals surface area (Å²) in [6.45, 7) is 1.16. The van der Waals surface area contributed by atoms with E-state index in [1.807, 2.05) is 5.38 Å². The molecule has 3 rings (SSSR count). The van der Waals surface area contributed by atoms with E-state index in [1.54, 1.807) is 23.4 Å². The third-order valence-corrected chi connectivity index (χ3v) is 3.87. The lowest BCUT2D eigenvalue weighted by Crippen LogP contribution is -2.50.